The van der Waals surface area contributed by atoms with Crippen LogP contribution in [0, 0.1) is 11.3 Å². The van der Waals surface area contributed by atoms with Gasteiger partial charge in [-0.1, -0.05) is 6.07 Å². The van der Waals surface area contributed by atoms with Gasteiger partial charge in [-0.25, -0.2) is 0 Å². The third-order valence-corrected chi connectivity index (χ3v) is 3.70. The van der Waals surface area contributed by atoms with Crippen LogP contribution < -0.4 is 10.1 Å². The van der Waals surface area contributed by atoms with Gasteiger partial charge in [0.1, 0.15) is 17.6 Å². The molecule has 1 aliphatic rings. The smallest absolute Gasteiger partial charge is 0.174 e. The third-order valence-electron chi connectivity index (χ3n) is 3.70. The molecule has 0 bridgehead atoms. The average molecular weight is 280 g/mol. The van der Waals surface area contributed by atoms with E-state index in [9.17, 15) is 5.11 Å². The van der Waals surface area contributed by atoms with E-state index in [0.717, 1.165) is 18.5 Å². The molecule has 3 rings (SSSR count). The maximum absolute atomic E-state index is 9.52. The molecule has 4 nitrogen and oxygen atoms in total. The molecule has 4 heteroatoms. The van der Waals surface area contributed by atoms with Gasteiger partial charge in [0, 0.05) is 5.69 Å². The predicted molar refractivity (Wildman–Crippen MR) is 80.3 cm³/mol. The van der Waals surface area contributed by atoms with E-state index < -0.39 is 0 Å². The Kier molecular flexibility index (Phi) is 3.65. The Bertz CT molecular complexity index is 674. The molecule has 1 aliphatic carbocycles. The summed E-state index contributed by atoms with van der Waals surface area (Å²) in [6, 6.07) is 15.4. The zero-order chi connectivity index (χ0) is 14.7. The summed E-state index contributed by atoms with van der Waals surface area (Å²) in [5.41, 5.74) is 3.48. The SMILES string of the molecule is N#CCOc1ccc(NC2CCc3cc(O)ccc32)cc1. The van der Waals surface area contributed by atoms with Gasteiger partial charge in [0.25, 0.3) is 0 Å². The van der Waals surface area contributed by atoms with Gasteiger partial charge in [-0.3, -0.25) is 0 Å². The van der Waals surface area contributed by atoms with E-state index in [1.54, 1.807) is 6.07 Å². The first-order valence-electron chi connectivity index (χ1n) is 6.94. The van der Waals surface area contributed by atoms with Crippen molar-refractivity contribution in [3.8, 4) is 17.6 Å². The number of aromatic hydroxyl groups is 1. The highest BCUT2D eigenvalue weighted by molar-refractivity contribution is 5.51. The molecule has 2 aromatic rings. The second-order valence-corrected chi connectivity index (χ2v) is 5.09. The van der Waals surface area contributed by atoms with Gasteiger partial charge in [-0.2, -0.15) is 5.26 Å². The predicted octanol–water partition coefficient (Wildman–Crippen LogP) is 3.39. The molecule has 0 amide bonds. The number of benzene rings is 2. The number of nitrogens with one attached hydrogen (secondary N) is 1. The normalized spacial score (nSPS) is 16.0. The number of nitrogens with zero attached hydrogens (tertiary/aromatic N) is 1. The molecule has 0 saturated carbocycles. The number of anilines is 1. The minimum Gasteiger partial charge on any atom is -0.508 e. The first kappa shape index (κ1) is 13.3. The quantitative estimate of drug-likeness (QED) is 0.901. The lowest BCUT2D eigenvalue weighted by Gasteiger charge is -2.16. The number of fused-ring (bicyclic) bond motifs is 1. The summed E-state index contributed by atoms with van der Waals surface area (Å²) in [6.07, 6.45) is 2.00. The van der Waals surface area contributed by atoms with E-state index in [-0.39, 0.29) is 12.6 Å². The molecule has 1 unspecified atom stereocenters. The van der Waals surface area contributed by atoms with Gasteiger partial charge < -0.3 is 15.2 Å². The van der Waals surface area contributed by atoms with Crippen molar-refractivity contribution in [3.05, 3.63) is 53.6 Å². The molecule has 0 saturated heterocycles. The highest BCUT2D eigenvalue weighted by Crippen LogP contribution is 2.35. The minimum absolute atomic E-state index is 0.0618. The van der Waals surface area contributed by atoms with Crippen LogP contribution in [0.2, 0.25) is 0 Å². The van der Waals surface area contributed by atoms with E-state index in [1.165, 1.54) is 11.1 Å². The number of phenolic OH excluding ortho intramolecular Hbond substituents is 1. The number of rotatable bonds is 4. The fourth-order valence-corrected chi connectivity index (χ4v) is 2.72. The summed E-state index contributed by atoms with van der Waals surface area (Å²) in [7, 11) is 0. The summed E-state index contributed by atoms with van der Waals surface area (Å²) < 4.78 is 5.23. The Balaban J connectivity index is 1.70. The molecule has 0 aromatic heterocycles. The Hall–Kier alpha value is -2.67. The zero-order valence-electron chi connectivity index (χ0n) is 11.5. The van der Waals surface area contributed by atoms with Crippen LogP contribution >= 0.6 is 0 Å². The molecule has 0 aliphatic heterocycles. The van der Waals surface area contributed by atoms with E-state index in [0.29, 0.717) is 11.5 Å². The van der Waals surface area contributed by atoms with Crippen molar-refractivity contribution in [1.82, 2.24) is 0 Å². The molecule has 0 radical (unpaired) electrons. The van der Waals surface area contributed by atoms with Crippen LogP contribution in [0.5, 0.6) is 11.5 Å². The van der Waals surface area contributed by atoms with Crippen molar-refractivity contribution >= 4 is 5.69 Å². The van der Waals surface area contributed by atoms with Gasteiger partial charge in [0.05, 0.1) is 6.04 Å². The number of nitriles is 1. The summed E-state index contributed by atoms with van der Waals surface area (Å²) >= 11 is 0. The second-order valence-electron chi connectivity index (χ2n) is 5.09. The number of hydrogen-bond donors (Lipinski definition) is 2. The Morgan fingerprint density at radius 3 is 2.81 bits per heavy atom. The van der Waals surface area contributed by atoms with Gasteiger partial charge >= 0.3 is 0 Å². The van der Waals surface area contributed by atoms with Crippen LogP contribution in [0.3, 0.4) is 0 Å². The molecule has 2 aromatic carbocycles. The molecule has 2 N–H and O–H groups in total. The topological polar surface area (TPSA) is 65.3 Å². The fraction of sp³-hybridized carbons (Fsp3) is 0.235. The molecule has 0 heterocycles. The molecular formula is C17H16N2O2. The van der Waals surface area contributed by atoms with Crippen molar-refractivity contribution < 1.29 is 9.84 Å². The molecule has 0 fully saturated rings. The molecule has 1 atom stereocenters. The van der Waals surface area contributed by atoms with Crippen molar-refractivity contribution in [2.45, 2.75) is 18.9 Å². The van der Waals surface area contributed by atoms with Crippen molar-refractivity contribution in [3.63, 3.8) is 0 Å². The van der Waals surface area contributed by atoms with E-state index >= 15 is 0 Å². The van der Waals surface area contributed by atoms with Gasteiger partial charge in [0.2, 0.25) is 0 Å². The maximum atomic E-state index is 9.52. The standard InChI is InChI=1S/C17H16N2O2/c18-9-10-21-15-5-2-13(3-6-15)19-17-8-1-12-11-14(20)4-7-16(12)17/h2-7,11,17,19-20H,1,8,10H2. The Labute approximate surface area is 123 Å². The van der Waals surface area contributed by atoms with Crippen LogP contribution in [0.1, 0.15) is 23.6 Å². The largest absolute Gasteiger partial charge is 0.508 e. The van der Waals surface area contributed by atoms with E-state index in [2.05, 4.69) is 5.32 Å². The van der Waals surface area contributed by atoms with Crippen LogP contribution in [-0.2, 0) is 6.42 Å². The lowest BCUT2D eigenvalue weighted by atomic mass is 10.1. The Morgan fingerprint density at radius 2 is 2.05 bits per heavy atom. The van der Waals surface area contributed by atoms with Gasteiger partial charge in [-0.15, -0.1) is 0 Å². The summed E-state index contributed by atoms with van der Waals surface area (Å²) in [5.74, 6) is 1.02. The van der Waals surface area contributed by atoms with Gasteiger partial charge in [0.15, 0.2) is 6.61 Å². The highest BCUT2D eigenvalue weighted by atomic mass is 16.5. The van der Waals surface area contributed by atoms with Crippen LogP contribution in [0.4, 0.5) is 5.69 Å². The zero-order valence-corrected chi connectivity index (χ0v) is 11.5. The molecule has 0 spiro atoms. The fourth-order valence-electron chi connectivity index (χ4n) is 2.72. The van der Waals surface area contributed by atoms with Crippen LogP contribution in [-0.4, -0.2) is 11.7 Å². The summed E-state index contributed by atoms with van der Waals surface area (Å²) in [4.78, 5) is 0. The van der Waals surface area contributed by atoms with Gasteiger partial charge in [-0.05, 0) is 60.4 Å². The van der Waals surface area contributed by atoms with E-state index in [4.69, 9.17) is 10.00 Å². The maximum Gasteiger partial charge on any atom is 0.174 e. The number of phenols is 1. The third kappa shape index (κ3) is 2.92. The first-order valence-corrected chi connectivity index (χ1v) is 6.94. The lowest BCUT2D eigenvalue weighted by molar-refractivity contribution is 0.368. The van der Waals surface area contributed by atoms with E-state index in [1.807, 2.05) is 42.5 Å². The number of ether oxygens (including phenoxy) is 1. The highest BCUT2D eigenvalue weighted by Gasteiger charge is 2.22. The lowest BCUT2D eigenvalue weighted by Crippen LogP contribution is -2.06. The molecule has 106 valence electrons. The second kappa shape index (κ2) is 5.76. The van der Waals surface area contributed by atoms with Crippen molar-refractivity contribution in [2.75, 3.05) is 11.9 Å². The van der Waals surface area contributed by atoms with Crippen LogP contribution in [0.25, 0.3) is 0 Å². The monoisotopic (exact) mass is 280 g/mol. The number of aryl methyl sites for hydroxylation is 1. The number of hydrogen-bond acceptors (Lipinski definition) is 4. The van der Waals surface area contributed by atoms with Crippen molar-refractivity contribution in [1.29, 1.82) is 5.26 Å². The Morgan fingerprint density at radius 1 is 1.24 bits per heavy atom. The van der Waals surface area contributed by atoms with Crippen molar-refractivity contribution in [2.24, 2.45) is 0 Å². The first-order chi connectivity index (χ1) is 10.3. The average Bonchev–Trinajstić information content (AvgIpc) is 2.88. The minimum atomic E-state index is 0.0618. The molecule has 21 heavy (non-hydrogen) atoms. The summed E-state index contributed by atoms with van der Waals surface area (Å²) in [6.45, 7) is 0.0618. The van der Waals surface area contributed by atoms with Crippen LogP contribution in [0.15, 0.2) is 42.5 Å². The summed E-state index contributed by atoms with van der Waals surface area (Å²) in [5, 5.41) is 21.5. The molecular weight excluding hydrogens is 264 g/mol.